The van der Waals surface area contributed by atoms with Gasteiger partial charge in [-0.15, -0.1) is 0 Å². The molecule has 5 rings (SSSR count). The van der Waals surface area contributed by atoms with Crippen molar-refractivity contribution < 1.29 is 0 Å². The summed E-state index contributed by atoms with van der Waals surface area (Å²) in [6.07, 6.45) is 23.4. The molecule has 0 atom stereocenters. The predicted molar refractivity (Wildman–Crippen MR) is 174 cm³/mol. The minimum Gasteiger partial charge on any atom is -0.261 e. The molecule has 5 heterocycles. The van der Waals surface area contributed by atoms with Crippen molar-refractivity contribution in [3.05, 3.63) is 141 Å². The monoisotopic (exact) mass is 548 g/mol. The molecule has 0 radical (unpaired) electrons. The van der Waals surface area contributed by atoms with E-state index in [2.05, 4.69) is 19.9 Å². The van der Waals surface area contributed by atoms with Crippen LogP contribution < -0.4 is 0 Å². The Kier molecular flexibility index (Phi) is 8.94. The normalized spacial score (nSPS) is 11.9. The smallest absolute Gasteiger partial charge is 0.0894 e. The number of aryl methyl sites for hydroxylation is 4. The molecule has 6 heteroatoms. The van der Waals surface area contributed by atoms with Crippen molar-refractivity contribution in [3.8, 4) is 0 Å². The Balaban J connectivity index is 1.60. The summed E-state index contributed by atoms with van der Waals surface area (Å²) in [6, 6.07) is 16.1. The van der Waals surface area contributed by atoms with Gasteiger partial charge < -0.3 is 0 Å². The summed E-state index contributed by atoms with van der Waals surface area (Å²) in [7, 11) is 0. The van der Waals surface area contributed by atoms with E-state index in [1.54, 1.807) is 0 Å². The van der Waals surface area contributed by atoms with Crippen molar-refractivity contribution in [2.45, 2.75) is 27.7 Å². The lowest BCUT2D eigenvalue weighted by molar-refractivity contribution is 1.12. The molecule has 0 N–H and O–H groups in total. The van der Waals surface area contributed by atoms with Crippen molar-refractivity contribution in [2.75, 3.05) is 0 Å². The van der Waals surface area contributed by atoms with E-state index in [0.717, 1.165) is 67.8 Å². The first-order valence-electron chi connectivity index (χ1n) is 13.8. The molecule has 0 aromatic carbocycles. The first kappa shape index (κ1) is 28.2. The van der Waals surface area contributed by atoms with Crippen LogP contribution >= 0.6 is 0 Å². The fraction of sp³-hybridized carbons (Fsp3) is 0.111. The molecule has 6 nitrogen and oxygen atoms in total. The zero-order valence-corrected chi connectivity index (χ0v) is 24.2. The molecule has 0 spiro atoms. The molecule has 0 amide bonds. The van der Waals surface area contributed by atoms with Crippen LogP contribution in [0.2, 0.25) is 0 Å². The standard InChI is InChI=1S/C36H32N6/c1-25-5-9-29(21-37-25)13-17-33-34(18-14-30-10-6-26(2)38-22-30)42-36(20-16-32-12-8-28(4)40-24-32)35(41-33)19-15-31-11-7-27(3)39-23-31/h5-24H,1-4H3. The molecule has 5 aromatic rings. The average Bonchev–Trinajstić information content (AvgIpc) is 3.00. The molecule has 0 aliphatic heterocycles. The highest BCUT2D eigenvalue weighted by atomic mass is 14.8. The highest BCUT2D eigenvalue weighted by molar-refractivity contribution is 5.81. The first-order valence-corrected chi connectivity index (χ1v) is 13.8. The molecule has 5 aromatic heterocycles. The second-order valence-electron chi connectivity index (χ2n) is 10.0. The SMILES string of the molecule is Cc1ccc(C=Cc2nc(C=Cc3ccc(C)nc3)c(C=Cc3ccc(C)nc3)nc2C=Cc2ccc(C)nc2)cn1. The highest BCUT2D eigenvalue weighted by Gasteiger charge is 2.08. The van der Waals surface area contributed by atoms with Crippen molar-refractivity contribution in [3.63, 3.8) is 0 Å². The Hall–Kier alpha value is -5.36. The number of pyridine rings is 4. The summed E-state index contributed by atoms with van der Waals surface area (Å²) in [4.78, 5) is 27.8. The Morgan fingerprint density at radius 1 is 0.333 bits per heavy atom. The van der Waals surface area contributed by atoms with Gasteiger partial charge >= 0.3 is 0 Å². The van der Waals surface area contributed by atoms with Gasteiger partial charge in [0.05, 0.1) is 22.8 Å². The predicted octanol–water partition coefficient (Wildman–Crippen LogP) is 7.97. The van der Waals surface area contributed by atoms with E-state index >= 15 is 0 Å². The second-order valence-corrected chi connectivity index (χ2v) is 10.0. The van der Waals surface area contributed by atoms with Crippen LogP contribution in [0, 0.1) is 27.7 Å². The zero-order valence-electron chi connectivity index (χ0n) is 24.2. The topological polar surface area (TPSA) is 77.3 Å². The van der Waals surface area contributed by atoms with E-state index in [9.17, 15) is 0 Å². The summed E-state index contributed by atoms with van der Waals surface area (Å²) in [6.45, 7) is 7.90. The van der Waals surface area contributed by atoms with Crippen molar-refractivity contribution in [1.29, 1.82) is 0 Å². The van der Waals surface area contributed by atoms with Crippen LogP contribution in [0.25, 0.3) is 48.6 Å². The Morgan fingerprint density at radius 2 is 0.571 bits per heavy atom. The fourth-order valence-corrected chi connectivity index (χ4v) is 3.99. The molecule has 206 valence electrons. The molecule has 0 unspecified atom stereocenters. The van der Waals surface area contributed by atoms with E-state index in [1.807, 2.05) is 150 Å². The molecular weight excluding hydrogens is 516 g/mol. The lowest BCUT2D eigenvalue weighted by atomic mass is 10.1. The Labute approximate surface area is 247 Å². The number of hydrogen-bond donors (Lipinski definition) is 0. The number of nitrogens with zero attached hydrogens (tertiary/aromatic N) is 6. The lowest BCUT2D eigenvalue weighted by Gasteiger charge is -2.07. The lowest BCUT2D eigenvalue weighted by Crippen LogP contribution is -2.00. The summed E-state index contributed by atoms with van der Waals surface area (Å²) >= 11 is 0. The minimum absolute atomic E-state index is 0.739. The van der Waals surface area contributed by atoms with Gasteiger partial charge in [-0.05, 0) is 98.5 Å². The van der Waals surface area contributed by atoms with E-state index < -0.39 is 0 Å². The largest absolute Gasteiger partial charge is 0.261 e. The summed E-state index contributed by atoms with van der Waals surface area (Å²) in [5.74, 6) is 0. The van der Waals surface area contributed by atoms with Crippen LogP contribution in [0.3, 0.4) is 0 Å². The first-order chi connectivity index (χ1) is 20.4. The molecule has 0 saturated heterocycles. The average molecular weight is 549 g/mol. The van der Waals surface area contributed by atoms with Gasteiger partial charge in [0.15, 0.2) is 0 Å². The van der Waals surface area contributed by atoms with Gasteiger partial charge in [0, 0.05) is 47.6 Å². The number of rotatable bonds is 8. The molecule has 0 bridgehead atoms. The van der Waals surface area contributed by atoms with Crippen molar-refractivity contribution >= 4 is 48.6 Å². The van der Waals surface area contributed by atoms with E-state index in [0.29, 0.717) is 0 Å². The van der Waals surface area contributed by atoms with Gasteiger partial charge in [-0.1, -0.05) is 48.6 Å². The molecular formula is C36H32N6. The van der Waals surface area contributed by atoms with Gasteiger partial charge in [0.1, 0.15) is 0 Å². The number of aromatic nitrogens is 6. The van der Waals surface area contributed by atoms with Crippen molar-refractivity contribution in [1.82, 2.24) is 29.9 Å². The summed E-state index contributed by atoms with van der Waals surface area (Å²) in [5, 5.41) is 0. The quantitative estimate of drug-likeness (QED) is 0.196. The molecule has 0 fully saturated rings. The van der Waals surface area contributed by atoms with Gasteiger partial charge in [0.2, 0.25) is 0 Å². The molecule has 0 aliphatic carbocycles. The zero-order chi connectivity index (χ0) is 29.3. The minimum atomic E-state index is 0.739. The fourth-order valence-electron chi connectivity index (χ4n) is 3.99. The van der Waals surface area contributed by atoms with E-state index in [4.69, 9.17) is 9.97 Å². The summed E-state index contributed by atoms with van der Waals surface area (Å²) in [5.41, 5.74) is 10.8. The van der Waals surface area contributed by atoms with Gasteiger partial charge in [0.25, 0.3) is 0 Å². The maximum atomic E-state index is 5.08. The van der Waals surface area contributed by atoms with E-state index in [1.165, 1.54) is 0 Å². The third-order valence-electron chi connectivity index (χ3n) is 6.48. The maximum absolute atomic E-state index is 5.08. The van der Waals surface area contributed by atoms with Gasteiger partial charge in [-0.2, -0.15) is 0 Å². The molecule has 42 heavy (non-hydrogen) atoms. The summed E-state index contributed by atoms with van der Waals surface area (Å²) < 4.78 is 0. The van der Waals surface area contributed by atoms with Crippen LogP contribution in [-0.4, -0.2) is 29.9 Å². The van der Waals surface area contributed by atoms with Crippen LogP contribution in [-0.2, 0) is 0 Å². The van der Waals surface area contributed by atoms with E-state index in [-0.39, 0.29) is 0 Å². The molecule has 0 aliphatic rings. The Morgan fingerprint density at radius 3 is 0.762 bits per heavy atom. The second kappa shape index (κ2) is 13.3. The van der Waals surface area contributed by atoms with Crippen LogP contribution in [0.1, 0.15) is 67.8 Å². The third kappa shape index (κ3) is 7.86. The van der Waals surface area contributed by atoms with Crippen molar-refractivity contribution in [2.24, 2.45) is 0 Å². The third-order valence-corrected chi connectivity index (χ3v) is 6.48. The highest BCUT2D eigenvalue weighted by Crippen LogP contribution is 2.20. The van der Waals surface area contributed by atoms with Gasteiger partial charge in [-0.3, -0.25) is 19.9 Å². The Bertz CT molecular complexity index is 1500. The van der Waals surface area contributed by atoms with Crippen LogP contribution in [0.15, 0.2) is 73.3 Å². The van der Waals surface area contributed by atoms with Gasteiger partial charge in [-0.25, -0.2) is 9.97 Å². The van der Waals surface area contributed by atoms with Crippen LogP contribution in [0.5, 0.6) is 0 Å². The number of hydrogen-bond acceptors (Lipinski definition) is 6. The maximum Gasteiger partial charge on any atom is 0.0894 e. The van der Waals surface area contributed by atoms with Crippen LogP contribution in [0.4, 0.5) is 0 Å². The molecule has 0 saturated carbocycles.